The molecule has 0 bridgehead atoms. The quantitative estimate of drug-likeness (QED) is 0.904. The molecule has 0 spiro atoms. The van der Waals surface area contributed by atoms with Crippen LogP contribution in [0, 0.1) is 0 Å². The molecular weight excluding hydrogens is 296 g/mol. The van der Waals surface area contributed by atoms with E-state index in [1.807, 2.05) is 36.9 Å². The van der Waals surface area contributed by atoms with Gasteiger partial charge in [-0.2, -0.15) is 11.8 Å². The average Bonchev–Trinajstić information content (AvgIpc) is 2.56. The summed E-state index contributed by atoms with van der Waals surface area (Å²) in [7, 11) is 0. The van der Waals surface area contributed by atoms with Crippen LogP contribution in [-0.2, 0) is 0 Å². The minimum Gasteiger partial charge on any atom is -0.508 e. The van der Waals surface area contributed by atoms with Crippen LogP contribution in [0.1, 0.15) is 18.5 Å². The van der Waals surface area contributed by atoms with Crippen molar-refractivity contribution in [1.82, 2.24) is 9.97 Å². The van der Waals surface area contributed by atoms with Crippen molar-refractivity contribution in [1.29, 1.82) is 0 Å². The largest absolute Gasteiger partial charge is 0.508 e. The predicted octanol–water partition coefficient (Wildman–Crippen LogP) is 2.91. The van der Waals surface area contributed by atoms with E-state index in [-0.39, 0.29) is 11.8 Å². The van der Waals surface area contributed by atoms with Crippen LogP contribution in [0.4, 0.5) is 11.6 Å². The van der Waals surface area contributed by atoms with E-state index >= 15 is 0 Å². The van der Waals surface area contributed by atoms with Gasteiger partial charge in [0.1, 0.15) is 23.7 Å². The van der Waals surface area contributed by atoms with E-state index in [0.29, 0.717) is 0 Å². The van der Waals surface area contributed by atoms with E-state index in [4.69, 9.17) is 0 Å². The summed E-state index contributed by atoms with van der Waals surface area (Å²) >= 11 is 1.98. The van der Waals surface area contributed by atoms with Crippen LogP contribution in [0.3, 0.4) is 0 Å². The van der Waals surface area contributed by atoms with Gasteiger partial charge in [0.15, 0.2) is 0 Å². The third-order valence-electron chi connectivity index (χ3n) is 3.72. The molecule has 1 aromatic carbocycles. The molecule has 0 radical (unpaired) electrons. The predicted molar refractivity (Wildman–Crippen MR) is 91.7 cm³/mol. The van der Waals surface area contributed by atoms with Gasteiger partial charge < -0.3 is 15.3 Å². The number of hydrogen-bond donors (Lipinski definition) is 2. The molecule has 1 aliphatic rings. The van der Waals surface area contributed by atoms with Crippen molar-refractivity contribution < 1.29 is 5.11 Å². The Morgan fingerprint density at radius 1 is 1.23 bits per heavy atom. The molecule has 116 valence electrons. The summed E-state index contributed by atoms with van der Waals surface area (Å²) in [4.78, 5) is 11.0. The van der Waals surface area contributed by atoms with Crippen molar-refractivity contribution in [2.24, 2.45) is 0 Å². The molecule has 0 amide bonds. The van der Waals surface area contributed by atoms with Crippen LogP contribution in [0.5, 0.6) is 5.75 Å². The zero-order chi connectivity index (χ0) is 15.4. The van der Waals surface area contributed by atoms with Crippen LogP contribution in [0.2, 0.25) is 0 Å². The molecule has 2 heterocycles. The molecule has 1 fully saturated rings. The summed E-state index contributed by atoms with van der Waals surface area (Å²) in [6.07, 6.45) is 1.61. The maximum Gasteiger partial charge on any atom is 0.134 e. The van der Waals surface area contributed by atoms with Crippen molar-refractivity contribution in [3.05, 3.63) is 42.2 Å². The molecule has 1 saturated heterocycles. The monoisotopic (exact) mass is 316 g/mol. The first-order valence-corrected chi connectivity index (χ1v) is 8.58. The molecule has 1 aromatic heterocycles. The maximum absolute atomic E-state index is 9.58. The van der Waals surface area contributed by atoms with E-state index in [9.17, 15) is 5.11 Å². The van der Waals surface area contributed by atoms with Crippen molar-refractivity contribution >= 4 is 23.4 Å². The summed E-state index contributed by atoms with van der Waals surface area (Å²) in [5.74, 6) is 4.35. The summed E-state index contributed by atoms with van der Waals surface area (Å²) in [6.45, 7) is 4.11. The van der Waals surface area contributed by atoms with Crippen LogP contribution in [-0.4, -0.2) is 39.7 Å². The first kappa shape index (κ1) is 15.0. The highest BCUT2D eigenvalue weighted by molar-refractivity contribution is 7.99. The lowest BCUT2D eigenvalue weighted by Crippen LogP contribution is -2.33. The van der Waals surface area contributed by atoms with Gasteiger partial charge in [-0.25, -0.2) is 9.97 Å². The zero-order valence-corrected chi connectivity index (χ0v) is 13.4. The number of nitrogens with one attached hydrogen (secondary N) is 1. The molecule has 3 rings (SSSR count). The van der Waals surface area contributed by atoms with Gasteiger partial charge in [0.25, 0.3) is 0 Å². The molecule has 6 heteroatoms. The number of nitrogens with zero attached hydrogens (tertiary/aromatic N) is 3. The number of benzene rings is 1. The molecule has 1 atom stereocenters. The Morgan fingerprint density at radius 2 is 2.05 bits per heavy atom. The van der Waals surface area contributed by atoms with Crippen LogP contribution in [0.15, 0.2) is 36.7 Å². The lowest BCUT2D eigenvalue weighted by molar-refractivity contribution is 0.474. The third kappa shape index (κ3) is 3.62. The van der Waals surface area contributed by atoms with Gasteiger partial charge in [0, 0.05) is 30.7 Å². The number of hydrogen-bond acceptors (Lipinski definition) is 6. The lowest BCUT2D eigenvalue weighted by atomic mass is 10.1. The number of anilines is 2. The SMILES string of the molecule is C[C@@H](Nc1cc(N2CCSCC2)ncn1)c1cccc(O)c1. The summed E-state index contributed by atoms with van der Waals surface area (Å²) in [6, 6.07) is 9.33. The molecule has 22 heavy (non-hydrogen) atoms. The molecule has 0 saturated carbocycles. The fraction of sp³-hybridized carbons (Fsp3) is 0.375. The van der Waals surface area contributed by atoms with Gasteiger partial charge in [0.2, 0.25) is 0 Å². The third-order valence-corrected chi connectivity index (χ3v) is 4.66. The maximum atomic E-state index is 9.58. The van der Waals surface area contributed by atoms with E-state index in [1.165, 1.54) is 0 Å². The van der Waals surface area contributed by atoms with Crippen LogP contribution in [0.25, 0.3) is 0 Å². The molecular formula is C16H20N4OS. The lowest BCUT2D eigenvalue weighted by Gasteiger charge is -2.27. The summed E-state index contributed by atoms with van der Waals surface area (Å²) in [5, 5.41) is 13.0. The highest BCUT2D eigenvalue weighted by Gasteiger charge is 2.14. The van der Waals surface area contributed by atoms with Crippen LogP contribution >= 0.6 is 11.8 Å². The minimum atomic E-state index is 0.0618. The standard InChI is InChI=1S/C16H20N4OS/c1-12(13-3-2-4-14(21)9-13)19-15-10-16(18-11-17-15)20-5-7-22-8-6-20/h2-4,9-12,21H,5-8H2,1H3,(H,17,18,19)/t12-/m1/s1. The first-order valence-electron chi connectivity index (χ1n) is 7.42. The molecule has 2 aromatic rings. The van der Waals surface area contributed by atoms with Gasteiger partial charge in [-0.1, -0.05) is 12.1 Å². The van der Waals surface area contributed by atoms with Gasteiger partial charge in [0.05, 0.1) is 6.04 Å². The smallest absolute Gasteiger partial charge is 0.134 e. The van der Waals surface area contributed by atoms with Crippen molar-refractivity contribution in [2.45, 2.75) is 13.0 Å². The van der Waals surface area contributed by atoms with Crippen molar-refractivity contribution in [3.8, 4) is 5.75 Å². The fourth-order valence-electron chi connectivity index (χ4n) is 2.49. The Balaban J connectivity index is 1.72. The minimum absolute atomic E-state index is 0.0618. The second-order valence-electron chi connectivity index (χ2n) is 5.32. The normalized spacial score (nSPS) is 16.3. The van der Waals surface area contributed by atoms with Gasteiger partial charge >= 0.3 is 0 Å². The van der Waals surface area contributed by atoms with Gasteiger partial charge in [-0.3, -0.25) is 0 Å². The number of phenols is 1. The molecule has 0 aliphatic carbocycles. The second kappa shape index (κ2) is 6.87. The van der Waals surface area contributed by atoms with E-state index in [2.05, 4.69) is 20.2 Å². The molecule has 0 unspecified atom stereocenters. The van der Waals surface area contributed by atoms with Crippen molar-refractivity contribution in [2.75, 3.05) is 34.8 Å². The Hall–Kier alpha value is -1.95. The van der Waals surface area contributed by atoms with Crippen LogP contribution < -0.4 is 10.2 Å². The molecule has 2 N–H and O–H groups in total. The van der Waals surface area contributed by atoms with E-state index < -0.39 is 0 Å². The second-order valence-corrected chi connectivity index (χ2v) is 6.55. The highest BCUT2D eigenvalue weighted by Crippen LogP contribution is 2.23. The number of thioether (sulfide) groups is 1. The Bertz CT molecular complexity index is 631. The summed E-state index contributed by atoms with van der Waals surface area (Å²) < 4.78 is 0. The highest BCUT2D eigenvalue weighted by atomic mass is 32.2. The molecule has 1 aliphatic heterocycles. The zero-order valence-electron chi connectivity index (χ0n) is 12.6. The topological polar surface area (TPSA) is 61.3 Å². The first-order chi connectivity index (χ1) is 10.7. The average molecular weight is 316 g/mol. The van der Waals surface area contributed by atoms with E-state index in [0.717, 1.165) is 41.8 Å². The Labute approximate surface area is 134 Å². The van der Waals surface area contributed by atoms with E-state index in [1.54, 1.807) is 18.5 Å². The van der Waals surface area contributed by atoms with Gasteiger partial charge in [-0.15, -0.1) is 0 Å². The number of phenolic OH excluding ortho intramolecular Hbond substituents is 1. The number of rotatable bonds is 4. The Morgan fingerprint density at radius 3 is 2.82 bits per heavy atom. The molecule has 5 nitrogen and oxygen atoms in total. The van der Waals surface area contributed by atoms with Crippen molar-refractivity contribution in [3.63, 3.8) is 0 Å². The van der Waals surface area contributed by atoms with Gasteiger partial charge in [-0.05, 0) is 24.6 Å². The number of aromatic hydroxyl groups is 1. The Kier molecular flexibility index (Phi) is 4.68. The fourth-order valence-corrected chi connectivity index (χ4v) is 3.39. The number of aromatic nitrogens is 2. The summed E-state index contributed by atoms with van der Waals surface area (Å²) in [5.41, 5.74) is 1.02.